The summed E-state index contributed by atoms with van der Waals surface area (Å²) in [7, 11) is 8.31. The van der Waals surface area contributed by atoms with Crippen LogP contribution in [0.4, 0.5) is 11.4 Å². The number of likely N-dealkylation sites (N-methyl/N-ethyl adjacent to an activating group) is 1. The molecule has 0 bridgehead atoms. The molecule has 3 aromatic heterocycles. The number of hydrogen-bond acceptors (Lipinski definition) is 8. The van der Waals surface area contributed by atoms with Gasteiger partial charge in [0.1, 0.15) is 29.6 Å². The Morgan fingerprint density at radius 3 is 2.67 bits per heavy atom. The average molecular weight is 422 g/mol. The number of phenolic OH excluding ortho intramolecular Hbond substituents is 1. The maximum atomic E-state index is 12.7. The second-order valence-corrected chi connectivity index (χ2v) is 8.54. The van der Waals surface area contributed by atoms with Gasteiger partial charge in [-0.25, -0.2) is 4.98 Å². The van der Waals surface area contributed by atoms with Crippen LogP contribution in [0.1, 0.15) is 0 Å². The van der Waals surface area contributed by atoms with Crippen LogP contribution in [0.5, 0.6) is 10.8 Å². The van der Waals surface area contributed by atoms with Gasteiger partial charge in [0.05, 0.1) is 16.9 Å². The SMILES string of the molecule is [B]c1cc2[nH]c(-c3c(N)c4cc(O)sc4[nH]c3=O)nc2c(O)c1N1CCN(C)CC1. The van der Waals surface area contributed by atoms with Crippen molar-refractivity contribution in [3.63, 3.8) is 0 Å². The summed E-state index contributed by atoms with van der Waals surface area (Å²) >= 11 is 1.04. The fourth-order valence-corrected chi connectivity index (χ4v) is 4.76. The van der Waals surface area contributed by atoms with E-state index >= 15 is 0 Å². The lowest BCUT2D eigenvalue weighted by molar-refractivity contribution is 0.312. The van der Waals surface area contributed by atoms with Crippen molar-refractivity contribution in [2.45, 2.75) is 0 Å². The van der Waals surface area contributed by atoms with Crippen LogP contribution in [-0.2, 0) is 0 Å². The zero-order chi connectivity index (χ0) is 21.2. The highest BCUT2D eigenvalue weighted by Crippen LogP contribution is 2.37. The number of aromatic nitrogens is 3. The summed E-state index contributed by atoms with van der Waals surface area (Å²) in [5, 5.41) is 21.3. The molecule has 152 valence electrons. The minimum absolute atomic E-state index is 0.0266. The zero-order valence-corrected chi connectivity index (χ0v) is 17.0. The van der Waals surface area contributed by atoms with Gasteiger partial charge in [0.25, 0.3) is 5.56 Å². The van der Waals surface area contributed by atoms with Crippen molar-refractivity contribution in [1.29, 1.82) is 0 Å². The van der Waals surface area contributed by atoms with Crippen LogP contribution >= 0.6 is 11.3 Å². The molecule has 4 heterocycles. The molecule has 0 spiro atoms. The smallest absolute Gasteiger partial charge is 0.262 e. The first-order valence-corrected chi connectivity index (χ1v) is 10.2. The molecular weight excluding hydrogens is 403 g/mol. The number of phenols is 1. The fraction of sp³-hybridized carbons (Fsp3) is 0.263. The molecule has 1 aromatic carbocycles. The van der Waals surface area contributed by atoms with Crippen LogP contribution < -0.4 is 21.7 Å². The topological polar surface area (TPSA) is 135 Å². The highest BCUT2D eigenvalue weighted by atomic mass is 32.1. The molecule has 2 radical (unpaired) electrons. The van der Waals surface area contributed by atoms with Gasteiger partial charge in [-0.05, 0) is 13.1 Å². The second-order valence-electron chi connectivity index (χ2n) is 7.51. The molecule has 5 rings (SSSR count). The Morgan fingerprint density at radius 2 is 1.93 bits per heavy atom. The van der Waals surface area contributed by atoms with Gasteiger partial charge in [-0.2, -0.15) is 0 Å². The van der Waals surface area contributed by atoms with E-state index < -0.39 is 5.56 Å². The number of hydrogen-bond donors (Lipinski definition) is 5. The van der Waals surface area contributed by atoms with E-state index in [0.29, 0.717) is 32.4 Å². The number of piperazine rings is 1. The maximum Gasteiger partial charge on any atom is 0.262 e. The number of aromatic amines is 2. The Hall–Kier alpha value is -3.18. The van der Waals surface area contributed by atoms with Gasteiger partial charge >= 0.3 is 0 Å². The predicted octanol–water partition coefficient (Wildman–Crippen LogP) is 0.672. The first-order valence-electron chi connectivity index (χ1n) is 9.42. The number of pyridine rings is 1. The minimum atomic E-state index is -0.437. The quantitative estimate of drug-likeness (QED) is 0.300. The van der Waals surface area contributed by atoms with Gasteiger partial charge in [0.15, 0.2) is 10.8 Å². The van der Waals surface area contributed by atoms with Crippen molar-refractivity contribution < 1.29 is 10.2 Å². The number of benzene rings is 1. The summed E-state index contributed by atoms with van der Waals surface area (Å²) in [6.07, 6.45) is 0. The molecule has 1 aliphatic heterocycles. The Labute approximate surface area is 176 Å². The molecule has 0 saturated carbocycles. The second kappa shape index (κ2) is 6.68. The number of fused-ring (bicyclic) bond motifs is 2. The van der Waals surface area contributed by atoms with Crippen LogP contribution in [0.2, 0.25) is 0 Å². The number of aromatic hydroxyl groups is 2. The Balaban J connectivity index is 1.67. The Bertz CT molecular complexity index is 1350. The van der Waals surface area contributed by atoms with Crippen molar-refractivity contribution in [3.8, 4) is 22.2 Å². The normalized spacial score (nSPS) is 15.4. The van der Waals surface area contributed by atoms with Crippen molar-refractivity contribution in [2.24, 2.45) is 0 Å². The van der Waals surface area contributed by atoms with E-state index in [-0.39, 0.29) is 27.9 Å². The third-order valence-corrected chi connectivity index (χ3v) is 6.40. The lowest BCUT2D eigenvalue weighted by Crippen LogP contribution is -2.46. The number of rotatable bonds is 2. The van der Waals surface area contributed by atoms with Gasteiger partial charge in [0, 0.05) is 37.6 Å². The largest absolute Gasteiger partial charge is 0.504 e. The third-order valence-electron chi connectivity index (χ3n) is 5.54. The van der Waals surface area contributed by atoms with Crippen LogP contribution in [-0.4, -0.2) is 71.1 Å². The summed E-state index contributed by atoms with van der Waals surface area (Å²) < 4.78 is 0. The molecule has 0 atom stereocenters. The van der Waals surface area contributed by atoms with Crippen molar-refractivity contribution in [2.75, 3.05) is 43.9 Å². The molecule has 30 heavy (non-hydrogen) atoms. The van der Waals surface area contributed by atoms with E-state index in [1.807, 2.05) is 4.90 Å². The van der Waals surface area contributed by atoms with E-state index in [9.17, 15) is 15.0 Å². The molecule has 11 heteroatoms. The molecule has 0 amide bonds. The lowest BCUT2D eigenvalue weighted by Gasteiger charge is -2.35. The molecular formula is C19H19BN6O3S. The minimum Gasteiger partial charge on any atom is -0.504 e. The summed E-state index contributed by atoms with van der Waals surface area (Å²) in [5.74, 6) is 0.197. The number of H-pyrrole nitrogens is 2. The summed E-state index contributed by atoms with van der Waals surface area (Å²) in [4.78, 5) is 27.6. The molecule has 9 nitrogen and oxygen atoms in total. The van der Waals surface area contributed by atoms with Gasteiger partial charge in [-0.3, -0.25) is 4.79 Å². The predicted molar refractivity (Wildman–Crippen MR) is 120 cm³/mol. The first-order chi connectivity index (χ1) is 14.3. The molecule has 4 aromatic rings. The molecule has 0 unspecified atom stereocenters. The number of imidazole rings is 1. The number of anilines is 2. The summed E-state index contributed by atoms with van der Waals surface area (Å²) in [5.41, 5.74) is 7.95. The van der Waals surface area contributed by atoms with Crippen LogP contribution in [0, 0.1) is 0 Å². The zero-order valence-electron chi connectivity index (χ0n) is 16.2. The van der Waals surface area contributed by atoms with Gasteiger partial charge in [-0.1, -0.05) is 16.8 Å². The van der Waals surface area contributed by atoms with E-state index in [1.54, 1.807) is 6.07 Å². The Kier molecular flexibility index (Phi) is 4.19. The van der Waals surface area contributed by atoms with Crippen molar-refractivity contribution in [3.05, 3.63) is 22.5 Å². The van der Waals surface area contributed by atoms with E-state index in [0.717, 1.165) is 37.5 Å². The third kappa shape index (κ3) is 2.81. The van der Waals surface area contributed by atoms with E-state index in [1.165, 1.54) is 6.07 Å². The van der Waals surface area contributed by atoms with Gasteiger partial charge < -0.3 is 35.7 Å². The summed E-state index contributed by atoms with van der Waals surface area (Å²) in [6, 6.07) is 3.21. The number of nitrogen functional groups attached to an aromatic ring is 1. The van der Waals surface area contributed by atoms with Crippen molar-refractivity contribution >= 4 is 57.3 Å². The van der Waals surface area contributed by atoms with Gasteiger partial charge in [-0.15, -0.1) is 0 Å². The highest BCUT2D eigenvalue weighted by Gasteiger charge is 2.24. The van der Waals surface area contributed by atoms with Crippen LogP contribution in [0.3, 0.4) is 0 Å². The molecule has 1 aliphatic rings. The first kappa shape index (κ1) is 18.8. The average Bonchev–Trinajstić information content (AvgIpc) is 3.26. The fourth-order valence-electron chi connectivity index (χ4n) is 3.95. The molecule has 1 fully saturated rings. The van der Waals surface area contributed by atoms with Gasteiger partial charge in [0.2, 0.25) is 0 Å². The molecule has 1 saturated heterocycles. The molecule has 6 N–H and O–H groups in total. The van der Waals surface area contributed by atoms with Crippen LogP contribution in [0.25, 0.3) is 32.6 Å². The summed E-state index contributed by atoms with van der Waals surface area (Å²) in [6.45, 7) is 3.20. The number of nitrogens with one attached hydrogen (secondary N) is 2. The standard InChI is InChI=1S/C19H19BN6O3S/c1-25-2-4-26(5-3-25)15-9(20)7-10-14(16(15)28)23-17(22-10)12-13(21)8-6-11(27)30-19(8)24-18(12)29/h6-7,27-28H,2-5H2,1H3,(H,22,23)(H3,21,24,29). The van der Waals surface area contributed by atoms with E-state index in [4.69, 9.17) is 13.6 Å². The van der Waals surface area contributed by atoms with Crippen LogP contribution in [0.15, 0.2) is 16.9 Å². The number of nitrogens with zero attached hydrogens (tertiary/aromatic N) is 3. The van der Waals surface area contributed by atoms with E-state index in [2.05, 4.69) is 26.9 Å². The monoisotopic (exact) mass is 422 g/mol. The maximum absolute atomic E-state index is 12.7. The number of nitrogens with two attached hydrogens (primary N) is 1. The molecule has 0 aliphatic carbocycles. The Morgan fingerprint density at radius 1 is 1.20 bits per heavy atom. The number of thiophene rings is 1. The lowest BCUT2D eigenvalue weighted by atomic mass is 9.91. The van der Waals surface area contributed by atoms with Crippen molar-refractivity contribution in [1.82, 2.24) is 19.9 Å². The highest BCUT2D eigenvalue weighted by molar-refractivity contribution is 7.20.